The number of hydrogen-bond acceptors (Lipinski definition) is 0. The van der Waals surface area contributed by atoms with Crippen molar-refractivity contribution in [2.45, 2.75) is 26.2 Å². The highest BCUT2D eigenvalue weighted by molar-refractivity contribution is 6.18. The topological polar surface area (TPSA) is 0 Å². The van der Waals surface area contributed by atoms with Crippen molar-refractivity contribution in [3.05, 3.63) is 35.4 Å². The molecule has 0 N–H and O–H groups in total. The second-order valence-corrected chi connectivity index (χ2v) is 4.75. The van der Waals surface area contributed by atoms with Gasteiger partial charge in [-0.05, 0) is 43.6 Å². The Labute approximate surface area is 91.3 Å². The minimum Gasteiger partial charge on any atom is -0.126 e. The predicted octanol–water partition coefficient (Wildman–Crippen LogP) is 3.80. The third-order valence-electron chi connectivity index (χ3n) is 3.11. The summed E-state index contributed by atoms with van der Waals surface area (Å²) in [6, 6.07) is 8.84. The van der Waals surface area contributed by atoms with Crippen LogP contribution in [0.5, 0.6) is 0 Å². The first-order chi connectivity index (χ1) is 6.79. The lowest BCUT2D eigenvalue weighted by molar-refractivity contribution is 0.513. The number of hydrogen-bond donors (Lipinski definition) is 0. The molecule has 1 saturated carbocycles. The predicted molar refractivity (Wildman–Crippen MR) is 61.8 cm³/mol. The fourth-order valence-electron chi connectivity index (χ4n) is 1.94. The minimum atomic E-state index is 0.708. The molecule has 2 rings (SSSR count). The molecule has 1 aliphatic rings. The van der Waals surface area contributed by atoms with Gasteiger partial charge in [0.2, 0.25) is 0 Å². The minimum absolute atomic E-state index is 0.708. The van der Waals surface area contributed by atoms with E-state index in [1.54, 1.807) is 0 Å². The Morgan fingerprint density at radius 3 is 2.43 bits per heavy atom. The van der Waals surface area contributed by atoms with Crippen LogP contribution in [0.4, 0.5) is 0 Å². The van der Waals surface area contributed by atoms with Crippen molar-refractivity contribution < 1.29 is 0 Å². The van der Waals surface area contributed by atoms with E-state index in [0.717, 1.165) is 18.2 Å². The maximum absolute atomic E-state index is 5.98. The molecule has 1 unspecified atom stereocenters. The largest absolute Gasteiger partial charge is 0.126 e. The molecule has 1 atom stereocenters. The van der Waals surface area contributed by atoms with Crippen molar-refractivity contribution in [1.82, 2.24) is 0 Å². The van der Waals surface area contributed by atoms with Crippen molar-refractivity contribution in [3.8, 4) is 0 Å². The van der Waals surface area contributed by atoms with E-state index in [1.165, 1.54) is 24.0 Å². The Bertz CT molecular complexity index is 285. The number of alkyl halides is 1. The van der Waals surface area contributed by atoms with Gasteiger partial charge in [0.25, 0.3) is 0 Å². The van der Waals surface area contributed by atoms with Gasteiger partial charge in [-0.3, -0.25) is 0 Å². The van der Waals surface area contributed by atoms with E-state index in [1.807, 2.05) is 0 Å². The molecule has 0 aliphatic heterocycles. The fraction of sp³-hybridized carbons (Fsp3) is 0.538. The lowest BCUT2D eigenvalue weighted by atomic mass is 9.96. The molecule has 1 aliphatic carbocycles. The van der Waals surface area contributed by atoms with Crippen LogP contribution in [-0.4, -0.2) is 5.88 Å². The maximum Gasteiger partial charge on any atom is 0.0257 e. The van der Waals surface area contributed by atoms with Crippen LogP contribution in [0.25, 0.3) is 0 Å². The third kappa shape index (κ3) is 2.51. The van der Waals surface area contributed by atoms with Gasteiger partial charge in [-0.2, -0.15) is 0 Å². The zero-order valence-electron chi connectivity index (χ0n) is 8.67. The lowest BCUT2D eigenvalue weighted by Gasteiger charge is -2.12. The van der Waals surface area contributed by atoms with Gasteiger partial charge in [0.1, 0.15) is 0 Å². The van der Waals surface area contributed by atoms with E-state index in [4.69, 9.17) is 11.6 Å². The standard InChI is InChI=1S/C13H17Cl/c1-10-2-4-11(5-3-10)8-13(9-14)12-6-7-12/h2-5,12-13H,6-9H2,1H3. The highest BCUT2D eigenvalue weighted by Crippen LogP contribution is 2.39. The summed E-state index contributed by atoms with van der Waals surface area (Å²) in [7, 11) is 0. The highest BCUT2D eigenvalue weighted by atomic mass is 35.5. The normalized spacial score (nSPS) is 18.1. The SMILES string of the molecule is Cc1ccc(CC(CCl)C2CC2)cc1. The van der Waals surface area contributed by atoms with Gasteiger partial charge < -0.3 is 0 Å². The van der Waals surface area contributed by atoms with Crippen LogP contribution in [0.1, 0.15) is 24.0 Å². The molecule has 0 bridgehead atoms. The molecule has 0 aromatic heterocycles. The van der Waals surface area contributed by atoms with Gasteiger partial charge in [-0.15, -0.1) is 11.6 Å². The second-order valence-electron chi connectivity index (χ2n) is 4.44. The van der Waals surface area contributed by atoms with Gasteiger partial charge in [-0.25, -0.2) is 0 Å². The Morgan fingerprint density at radius 2 is 1.93 bits per heavy atom. The van der Waals surface area contributed by atoms with Crippen molar-refractivity contribution >= 4 is 11.6 Å². The van der Waals surface area contributed by atoms with Crippen LogP contribution in [0, 0.1) is 18.8 Å². The summed E-state index contributed by atoms with van der Waals surface area (Å²) >= 11 is 5.98. The van der Waals surface area contributed by atoms with E-state index in [-0.39, 0.29) is 0 Å². The molecule has 0 radical (unpaired) electrons. The molecule has 0 amide bonds. The molecule has 0 spiro atoms. The zero-order chi connectivity index (χ0) is 9.97. The molecule has 0 saturated heterocycles. The summed E-state index contributed by atoms with van der Waals surface area (Å²) in [5.74, 6) is 2.44. The summed E-state index contributed by atoms with van der Waals surface area (Å²) in [5.41, 5.74) is 2.77. The molecule has 14 heavy (non-hydrogen) atoms. The van der Waals surface area contributed by atoms with E-state index in [0.29, 0.717) is 5.92 Å². The molecular weight excluding hydrogens is 192 g/mol. The van der Waals surface area contributed by atoms with Crippen LogP contribution >= 0.6 is 11.6 Å². The fourth-order valence-corrected chi connectivity index (χ4v) is 2.30. The Balaban J connectivity index is 1.98. The molecule has 1 aromatic carbocycles. The van der Waals surface area contributed by atoms with Gasteiger partial charge >= 0.3 is 0 Å². The average Bonchev–Trinajstić information content (AvgIpc) is 3.01. The molecule has 1 heteroatoms. The molecule has 0 heterocycles. The van der Waals surface area contributed by atoms with Crippen LogP contribution in [-0.2, 0) is 6.42 Å². The number of rotatable bonds is 4. The number of aryl methyl sites for hydroxylation is 1. The van der Waals surface area contributed by atoms with Gasteiger partial charge in [0, 0.05) is 5.88 Å². The first-order valence-electron chi connectivity index (χ1n) is 5.41. The average molecular weight is 209 g/mol. The first kappa shape index (κ1) is 10.0. The molecule has 76 valence electrons. The van der Waals surface area contributed by atoms with Crippen molar-refractivity contribution in [2.75, 3.05) is 5.88 Å². The van der Waals surface area contributed by atoms with E-state index >= 15 is 0 Å². The molecule has 1 aromatic rings. The van der Waals surface area contributed by atoms with Crippen molar-refractivity contribution in [3.63, 3.8) is 0 Å². The summed E-state index contributed by atoms with van der Waals surface area (Å²) in [6.45, 7) is 2.13. The van der Waals surface area contributed by atoms with Gasteiger partial charge in [0.05, 0.1) is 0 Å². The third-order valence-corrected chi connectivity index (χ3v) is 3.50. The summed E-state index contributed by atoms with van der Waals surface area (Å²) in [5, 5.41) is 0. The van der Waals surface area contributed by atoms with Crippen LogP contribution in [0.3, 0.4) is 0 Å². The van der Waals surface area contributed by atoms with Crippen molar-refractivity contribution in [1.29, 1.82) is 0 Å². The first-order valence-corrected chi connectivity index (χ1v) is 5.94. The maximum atomic E-state index is 5.98. The van der Waals surface area contributed by atoms with E-state index in [2.05, 4.69) is 31.2 Å². The summed E-state index contributed by atoms with van der Waals surface area (Å²) in [6.07, 6.45) is 3.95. The van der Waals surface area contributed by atoms with E-state index < -0.39 is 0 Å². The monoisotopic (exact) mass is 208 g/mol. The summed E-state index contributed by atoms with van der Waals surface area (Å²) in [4.78, 5) is 0. The van der Waals surface area contributed by atoms with E-state index in [9.17, 15) is 0 Å². The molecule has 0 nitrogen and oxygen atoms in total. The van der Waals surface area contributed by atoms with Crippen LogP contribution < -0.4 is 0 Å². The van der Waals surface area contributed by atoms with Crippen molar-refractivity contribution in [2.24, 2.45) is 11.8 Å². The Hall–Kier alpha value is -0.490. The van der Waals surface area contributed by atoms with Crippen LogP contribution in [0.15, 0.2) is 24.3 Å². The number of halogens is 1. The zero-order valence-corrected chi connectivity index (χ0v) is 9.43. The summed E-state index contributed by atoms with van der Waals surface area (Å²) < 4.78 is 0. The molecular formula is C13H17Cl. The second kappa shape index (κ2) is 4.35. The smallest absolute Gasteiger partial charge is 0.0257 e. The number of benzene rings is 1. The Kier molecular flexibility index (Phi) is 3.12. The quantitative estimate of drug-likeness (QED) is 0.661. The molecule has 1 fully saturated rings. The highest BCUT2D eigenvalue weighted by Gasteiger charge is 2.30. The van der Waals surface area contributed by atoms with Crippen LogP contribution in [0.2, 0.25) is 0 Å². The lowest BCUT2D eigenvalue weighted by Crippen LogP contribution is -2.08. The van der Waals surface area contributed by atoms with Gasteiger partial charge in [-0.1, -0.05) is 29.8 Å². The Morgan fingerprint density at radius 1 is 1.29 bits per heavy atom. The van der Waals surface area contributed by atoms with Gasteiger partial charge in [0.15, 0.2) is 0 Å².